The van der Waals surface area contributed by atoms with Crippen LogP contribution in [-0.2, 0) is 5.41 Å². The van der Waals surface area contributed by atoms with Crippen LogP contribution in [0.3, 0.4) is 0 Å². The summed E-state index contributed by atoms with van der Waals surface area (Å²) in [4.78, 5) is 10.6. The van der Waals surface area contributed by atoms with Crippen LogP contribution in [0.4, 0.5) is 0 Å². The molecule has 0 amide bonds. The van der Waals surface area contributed by atoms with Gasteiger partial charge in [0, 0.05) is 44.6 Å². The Hall–Kier alpha value is -7.88. The molecule has 2 aliphatic rings. The summed E-state index contributed by atoms with van der Waals surface area (Å²) >= 11 is 0. The molecule has 304 valence electrons. The Labute approximate surface area is 374 Å². The highest BCUT2D eigenvalue weighted by atomic mass is 15.0. The number of benzene rings is 8. The maximum Gasteiger partial charge on any atom is 0.160 e. The van der Waals surface area contributed by atoms with Crippen LogP contribution in [0.25, 0.3) is 94.8 Å². The summed E-state index contributed by atoms with van der Waals surface area (Å²) in [5, 5.41) is 2.42. The lowest BCUT2D eigenvalue weighted by molar-refractivity contribution is 0.394. The molecule has 0 aliphatic heterocycles. The molecular formula is C61H45N3. The van der Waals surface area contributed by atoms with E-state index in [9.17, 15) is 0 Å². The topological polar surface area (TPSA) is 30.7 Å². The molecular weight excluding hydrogens is 775 g/mol. The van der Waals surface area contributed by atoms with Crippen LogP contribution in [0.2, 0.25) is 0 Å². The zero-order valence-corrected chi connectivity index (χ0v) is 35.9. The molecule has 3 nitrogen and oxygen atoms in total. The zero-order valence-electron chi connectivity index (χ0n) is 35.9. The molecule has 8 aromatic carbocycles. The van der Waals surface area contributed by atoms with E-state index in [1.165, 1.54) is 49.7 Å². The molecule has 2 aromatic heterocycles. The number of fused-ring (bicyclic) bond motifs is 6. The average molecular weight is 820 g/mol. The van der Waals surface area contributed by atoms with Crippen molar-refractivity contribution in [3.63, 3.8) is 0 Å². The van der Waals surface area contributed by atoms with E-state index in [0.717, 1.165) is 50.4 Å². The third-order valence-electron chi connectivity index (χ3n) is 13.7. The smallest absolute Gasteiger partial charge is 0.160 e. The standard InChI is InChI=1S/C61H45N3/c1-61(2)54-30-14-12-26-50(54)51-33-32-44(38-55(51)61)43-24-16-25-45(34-43)49-28-17-29-53-52-27-13-15-31-58(52)64(59(49)53)48-36-46(40-18-6-3-7-19-40)35-47(37-48)60-62-56(41-20-8-4-9-21-41)39-57(63-60)42-22-10-5-11-23-42/h3-39,50,54H,1-2H3. The molecule has 3 heteroatoms. The maximum absolute atomic E-state index is 5.31. The predicted octanol–water partition coefficient (Wildman–Crippen LogP) is 15.7. The van der Waals surface area contributed by atoms with Crippen molar-refractivity contribution in [3.8, 4) is 73.0 Å². The first-order valence-electron chi connectivity index (χ1n) is 22.3. The maximum atomic E-state index is 5.31. The zero-order chi connectivity index (χ0) is 42.8. The summed E-state index contributed by atoms with van der Waals surface area (Å²) in [6.45, 7) is 4.82. The van der Waals surface area contributed by atoms with E-state index < -0.39 is 0 Å². The number of hydrogen-bond acceptors (Lipinski definition) is 2. The van der Waals surface area contributed by atoms with E-state index >= 15 is 0 Å². The molecule has 2 atom stereocenters. The van der Waals surface area contributed by atoms with Crippen LogP contribution in [-0.4, -0.2) is 14.5 Å². The van der Waals surface area contributed by atoms with Crippen molar-refractivity contribution >= 4 is 21.8 Å². The first kappa shape index (κ1) is 37.8. The van der Waals surface area contributed by atoms with Gasteiger partial charge < -0.3 is 4.57 Å². The summed E-state index contributed by atoms with van der Waals surface area (Å²) in [7, 11) is 0. The van der Waals surface area contributed by atoms with Crippen LogP contribution in [0.1, 0.15) is 30.9 Å². The van der Waals surface area contributed by atoms with Gasteiger partial charge in [-0.15, -0.1) is 0 Å². The van der Waals surface area contributed by atoms with Gasteiger partial charge >= 0.3 is 0 Å². The predicted molar refractivity (Wildman–Crippen MR) is 267 cm³/mol. The van der Waals surface area contributed by atoms with Crippen LogP contribution in [0, 0.1) is 5.92 Å². The Balaban J connectivity index is 1.06. The Morgan fingerprint density at radius 1 is 0.438 bits per heavy atom. The van der Waals surface area contributed by atoms with Gasteiger partial charge in [-0.1, -0.05) is 202 Å². The van der Waals surface area contributed by atoms with Gasteiger partial charge in [-0.25, -0.2) is 9.97 Å². The summed E-state index contributed by atoms with van der Waals surface area (Å²) in [6, 6.07) is 72.3. The van der Waals surface area contributed by atoms with Crippen molar-refractivity contribution < 1.29 is 0 Å². The lowest BCUT2D eigenvalue weighted by Gasteiger charge is -2.29. The average Bonchev–Trinajstić information content (AvgIpc) is 3.82. The van der Waals surface area contributed by atoms with Crippen molar-refractivity contribution in [2.45, 2.75) is 25.2 Å². The summed E-state index contributed by atoms with van der Waals surface area (Å²) < 4.78 is 2.46. The number of nitrogens with zero attached hydrogens (tertiary/aromatic N) is 3. The highest BCUT2D eigenvalue weighted by Crippen LogP contribution is 2.53. The van der Waals surface area contributed by atoms with Gasteiger partial charge in [-0.2, -0.15) is 0 Å². The van der Waals surface area contributed by atoms with E-state index in [4.69, 9.17) is 9.97 Å². The molecule has 0 saturated heterocycles. The van der Waals surface area contributed by atoms with Gasteiger partial charge in [0.2, 0.25) is 0 Å². The van der Waals surface area contributed by atoms with Crippen molar-refractivity contribution in [1.29, 1.82) is 0 Å². The van der Waals surface area contributed by atoms with E-state index in [1.54, 1.807) is 0 Å². The van der Waals surface area contributed by atoms with Gasteiger partial charge in [0.15, 0.2) is 5.82 Å². The highest BCUT2D eigenvalue weighted by Gasteiger charge is 2.44. The Bertz CT molecular complexity index is 3410. The lowest BCUT2D eigenvalue weighted by atomic mass is 9.74. The van der Waals surface area contributed by atoms with Gasteiger partial charge in [-0.3, -0.25) is 0 Å². The summed E-state index contributed by atoms with van der Waals surface area (Å²) in [5.41, 5.74) is 18.2. The fourth-order valence-electron chi connectivity index (χ4n) is 10.5. The van der Waals surface area contributed by atoms with Crippen LogP contribution in [0.5, 0.6) is 0 Å². The second-order valence-corrected chi connectivity index (χ2v) is 17.8. The van der Waals surface area contributed by atoms with Crippen molar-refractivity contribution in [2.24, 2.45) is 5.92 Å². The molecule has 2 unspecified atom stereocenters. The number of allylic oxidation sites excluding steroid dienone is 4. The van der Waals surface area contributed by atoms with Crippen molar-refractivity contribution in [2.75, 3.05) is 0 Å². The molecule has 0 radical (unpaired) electrons. The molecule has 0 N–H and O–H groups in total. The quantitative estimate of drug-likeness (QED) is 0.160. The normalized spacial score (nSPS) is 16.0. The van der Waals surface area contributed by atoms with Crippen LogP contribution in [0.15, 0.2) is 224 Å². The number of hydrogen-bond donors (Lipinski definition) is 0. The third kappa shape index (κ3) is 6.35. The molecule has 0 fully saturated rings. The van der Waals surface area contributed by atoms with E-state index in [1.807, 2.05) is 12.1 Å². The minimum absolute atomic E-state index is 0.0472. The number of para-hydroxylation sites is 2. The minimum atomic E-state index is 0.0472. The largest absolute Gasteiger partial charge is 0.309 e. The van der Waals surface area contributed by atoms with Crippen LogP contribution >= 0.6 is 0 Å². The third-order valence-corrected chi connectivity index (χ3v) is 13.7. The molecule has 64 heavy (non-hydrogen) atoms. The second kappa shape index (κ2) is 15.2. The Kier molecular flexibility index (Phi) is 8.98. The fraction of sp³-hybridized carbons (Fsp3) is 0.0820. The molecule has 2 heterocycles. The van der Waals surface area contributed by atoms with Gasteiger partial charge in [0.05, 0.1) is 22.4 Å². The van der Waals surface area contributed by atoms with E-state index in [0.29, 0.717) is 17.7 Å². The molecule has 2 aliphatic carbocycles. The molecule has 12 rings (SSSR count). The first-order valence-corrected chi connectivity index (χ1v) is 22.3. The monoisotopic (exact) mass is 819 g/mol. The number of aromatic nitrogens is 3. The van der Waals surface area contributed by atoms with E-state index in [-0.39, 0.29) is 5.41 Å². The highest BCUT2D eigenvalue weighted by molar-refractivity contribution is 6.14. The fourth-order valence-corrected chi connectivity index (χ4v) is 10.5. The van der Waals surface area contributed by atoms with Gasteiger partial charge in [0.25, 0.3) is 0 Å². The SMILES string of the molecule is CC1(C)c2cc(-c3cccc(-c4cccc5c6ccccc6n(-c6cc(-c7ccccc7)cc(-c7nc(-c8ccccc8)cc(-c8ccccc8)n7)c6)c45)c3)ccc2C2C=CC=CC21. The van der Waals surface area contributed by atoms with Gasteiger partial charge in [0.1, 0.15) is 0 Å². The number of rotatable bonds is 7. The molecule has 0 spiro atoms. The van der Waals surface area contributed by atoms with Crippen molar-refractivity contribution in [3.05, 3.63) is 236 Å². The summed E-state index contributed by atoms with van der Waals surface area (Å²) in [6.07, 6.45) is 9.21. The summed E-state index contributed by atoms with van der Waals surface area (Å²) in [5.74, 6) is 1.58. The van der Waals surface area contributed by atoms with Crippen LogP contribution < -0.4 is 0 Å². The second-order valence-electron chi connectivity index (χ2n) is 17.8. The van der Waals surface area contributed by atoms with Crippen molar-refractivity contribution in [1.82, 2.24) is 14.5 Å². The Morgan fingerprint density at radius 2 is 1.02 bits per heavy atom. The molecule has 0 saturated carbocycles. The Morgan fingerprint density at radius 3 is 1.77 bits per heavy atom. The first-order chi connectivity index (χ1) is 31.5. The lowest BCUT2D eigenvalue weighted by Crippen LogP contribution is -2.24. The minimum Gasteiger partial charge on any atom is -0.309 e. The molecule has 10 aromatic rings. The van der Waals surface area contributed by atoms with E-state index in [2.05, 4.69) is 231 Å². The molecule has 0 bridgehead atoms. The van der Waals surface area contributed by atoms with Gasteiger partial charge in [-0.05, 0) is 86.7 Å².